The highest BCUT2D eigenvalue weighted by Crippen LogP contribution is 2.37. The molecule has 0 bridgehead atoms. The summed E-state index contributed by atoms with van der Waals surface area (Å²) >= 11 is 3.37. The Morgan fingerprint density at radius 3 is 1.28 bits per heavy atom. The predicted molar refractivity (Wildman–Crippen MR) is 408 cm³/mol. The molecule has 3 amide bonds. The minimum absolute atomic E-state index is 0.0240. The molecule has 5 aromatic carbocycles. The van der Waals surface area contributed by atoms with Gasteiger partial charge < -0.3 is 30.9 Å². The van der Waals surface area contributed by atoms with E-state index in [1.54, 1.807) is 18.5 Å². The number of aryl methyl sites for hydroxylation is 3. The number of aromatic amines is 3. The lowest BCUT2D eigenvalue weighted by atomic mass is 9.90. The number of para-hydroxylation sites is 6. The van der Waals surface area contributed by atoms with Crippen LogP contribution in [-0.4, -0.2) is 132 Å². The second kappa shape index (κ2) is 34.5. The third-order valence-electron chi connectivity index (χ3n) is 19.7. The second-order valence-electron chi connectivity index (χ2n) is 26.7. The lowest BCUT2D eigenvalue weighted by Gasteiger charge is -2.34. The first-order valence-corrected chi connectivity index (χ1v) is 37.1. The van der Waals surface area contributed by atoms with Crippen molar-refractivity contribution in [1.82, 2.24) is 90.7 Å². The van der Waals surface area contributed by atoms with Crippen molar-refractivity contribution in [3.05, 3.63) is 279 Å². The van der Waals surface area contributed by atoms with Crippen molar-refractivity contribution in [2.45, 2.75) is 115 Å². The van der Waals surface area contributed by atoms with E-state index < -0.39 is 0 Å². The molecule has 0 saturated carbocycles. The highest BCUT2D eigenvalue weighted by molar-refractivity contribution is 9.10. The zero-order valence-corrected chi connectivity index (χ0v) is 59.8. The van der Waals surface area contributed by atoms with Gasteiger partial charge in [0.25, 0.3) is 17.7 Å². The number of fused-ring (bicyclic) bond motifs is 7. The van der Waals surface area contributed by atoms with Gasteiger partial charge in [-0.25, -0.2) is 15.0 Å². The molecule has 3 aliphatic carbocycles. The summed E-state index contributed by atoms with van der Waals surface area (Å²) in [4.78, 5) is 88.4. The lowest BCUT2D eigenvalue weighted by Crippen LogP contribution is -2.35. The Morgan fingerprint density at radius 1 is 0.433 bits per heavy atom. The van der Waals surface area contributed by atoms with E-state index in [2.05, 4.69) is 113 Å². The first-order valence-electron chi connectivity index (χ1n) is 36.3. The fourth-order valence-corrected chi connectivity index (χ4v) is 15.1. The molecule has 8 heterocycles. The highest BCUT2D eigenvalue weighted by atomic mass is 79.9. The summed E-state index contributed by atoms with van der Waals surface area (Å²) in [6.07, 6.45) is 22.9. The summed E-state index contributed by atoms with van der Waals surface area (Å²) < 4.78 is 0.792. The van der Waals surface area contributed by atoms with Crippen LogP contribution in [0, 0.1) is 0 Å². The quantitative estimate of drug-likeness (QED) is 0.0307. The van der Waals surface area contributed by atoms with Crippen molar-refractivity contribution in [3.63, 3.8) is 0 Å². The number of H-pyrrole nitrogens is 3. The number of nitrogens with zero attached hydrogens (tertiary/aromatic N) is 12. The Bertz CT molecular complexity index is 4940. The second-order valence-corrected chi connectivity index (χ2v) is 27.7. The molecule has 0 fully saturated rings. The number of hydrogen-bond donors (Lipinski definition) is 6. The molecular formula is C82H85BrN18O3. The van der Waals surface area contributed by atoms with E-state index in [9.17, 15) is 14.4 Å². The van der Waals surface area contributed by atoms with Crippen molar-refractivity contribution in [3.8, 4) is 0 Å². The summed E-state index contributed by atoms with van der Waals surface area (Å²) in [7, 11) is 0. The molecule has 104 heavy (non-hydrogen) atoms. The summed E-state index contributed by atoms with van der Waals surface area (Å²) in [6, 6.07) is 56.5. The van der Waals surface area contributed by atoms with Crippen LogP contribution in [0.5, 0.6) is 0 Å². The Morgan fingerprint density at radius 2 is 0.837 bits per heavy atom. The zero-order chi connectivity index (χ0) is 70.8. The van der Waals surface area contributed by atoms with Crippen LogP contribution in [0.25, 0.3) is 44.0 Å². The van der Waals surface area contributed by atoms with Crippen LogP contribution < -0.4 is 16.0 Å². The maximum atomic E-state index is 12.9. The Balaban J connectivity index is 0.000000132. The van der Waals surface area contributed by atoms with Gasteiger partial charge in [-0.05, 0) is 189 Å². The number of hydrogen-bond acceptors (Lipinski definition) is 15. The minimum atomic E-state index is -0.125. The number of aromatic nitrogens is 12. The summed E-state index contributed by atoms with van der Waals surface area (Å²) in [5.74, 6) is 2.61. The predicted octanol–water partition coefficient (Wildman–Crippen LogP) is 14.1. The molecular weight excluding hydrogens is 1360 g/mol. The molecule has 13 aromatic rings. The number of carbonyl (C=O) groups excluding carboxylic acids is 3. The van der Waals surface area contributed by atoms with Crippen LogP contribution in [0.15, 0.2) is 212 Å². The number of carbonyl (C=O) groups is 3. The van der Waals surface area contributed by atoms with E-state index in [1.807, 2.05) is 146 Å². The van der Waals surface area contributed by atoms with Crippen molar-refractivity contribution >= 4 is 77.7 Å². The van der Waals surface area contributed by atoms with Crippen LogP contribution in [0.2, 0.25) is 0 Å². The van der Waals surface area contributed by atoms with Gasteiger partial charge in [-0.15, -0.1) is 0 Å². The van der Waals surface area contributed by atoms with Crippen LogP contribution in [0.3, 0.4) is 0 Å². The van der Waals surface area contributed by atoms with Gasteiger partial charge >= 0.3 is 0 Å². The number of nitrogens with one attached hydrogen (secondary N) is 6. The van der Waals surface area contributed by atoms with Gasteiger partial charge in [0, 0.05) is 85.7 Å². The number of amides is 3. The SMILES string of the molecule is O=C(NCCCN(Cc1nc2ccccc2[nH]1)C1CCCc2cccnc21)c1ccccc1.O=C(NCCCN(Cc1nc2ccccc2[nH]1)C1CCCc2cccnc21)c1cncc(Br)c1.O=C(NCCCN(Cc1nc2ccccc2[nH]1)C1CCCc2cccnc21)c1cnnc2ccccc12. The topological polar surface area (TPSA) is 260 Å². The fourth-order valence-electron chi connectivity index (χ4n) is 14.7. The van der Waals surface area contributed by atoms with E-state index in [4.69, 9.17) is 29.9 Å². The van der Waals surface area contributed by atoms with E-state index in [1.165, 1.54) is 40.0 Å². The van der Waals surface area contributed by atoms with Gasteiger partial charge in [-0.2, -0.15) is 10.2 Å². The number of imidazole rings is 3. The summed E-state index contributed by atoms with van der Waals surface area (Å²) in [5.41, 5.74) is 16.2. The smallest absolute Gasteiger partial charge is 0.253 e. The number of pyridine rings is 4. The Kier molecular flexibility index (Phi) is 23.3. The molecule has 22 heteroatoms. The van der Waals surface area contributed by atoms with E-state index in [-0.39, 0.29) is 35.8 Å². The lowest BCUT2D eigenvalue weighted by molar-refractivity contribution is 0.0940. The summed E-state index contributed by atoms with van der Waals surface area (Å²) in [6.45, 7) is 6.40. The molecule has 3 aliphatic rings. The molecule has 3 atom stereocenters. The fraction of sp³-hybridized carbons (Fsp3) is 0.293. The van der Waals surface area contributed by atoms with E-state index in [0.717, 1.165) is 169 Å². The van der Waals surface area contributed by atoms with Gasteiger partial charge in [0.2, 0.25) is 0 Å². The van der Waals surface area contributed by atoms with Gasteiger partial charge in [0.1, 0.15) is 17.5 Å². The van der Waals surface area contributed by atoms with Gasteiger partial charge in [0.05, 0.1) is 111 Å². The first kappa shape index (κ1) is 70.3. The third-order valence-corrected chi connectivity index (χ3v) is 20.1. The Hall–Kier alpha value is -10.8. The normalized spacial score (nSPS) is 15.4. The monoisotopic (exact) mass is 1450 g/mol. The van der Waals surface area contributed by atoms with Crippen molar-refractivity contribution < 1.29 is 14.4 Å². The van der Waals surface area contributed by atoms with Crippen molar-refractivity contribution in [2.24, 2.45) is 0 Å². The molecule has 0 spiro atoms. The van der Waals surface area contributed by atoms with Gasteiger partial charge in [-0.3, -0.25) is 49.0 Å². The molecule has 528 valence electrons. The third kappa shape index (κ3) is 17.6. The molecule has 21 nitrogen and oxygen atoms in total. The molecule has 6 N–H and O–H groups in total. The largest absolute Gasteiger partial charge is 0.352 e. The average molecular weight is 1450 g/mol. The van der Waals surface area contributed by atoms with Crippen LogP contribution >= 0.6 is 15.9 Å². The average Bonchev–Trinajstić information content (AvgIpc) is 0.949. The molecule has 0 saturated heterocycles. The minimum Gasteiger partial charge on any atom is -0.352 e. The number of halogens is 1. The zero-order valence-electron chi connectivity index (χ0n) is 58.2. The van der Waals surface area contributed by atoms with Gasteiger partial charge in [-0.1, -0.05) is 91.0 Å². The Labute approximate surface area is 612 Å². The maximum Gasteiger partial charge on any atom is 0.253 e. The highest BCUT2D eigenvalue weighted by Gasteiger charge is 2.31. The van der Waals surface area contributed by atoms with Crippen LogP contribution in [-0.2, 0) is 38.9 Å². The van der Waals surface area contributed by atoms with Crippen molar-refractivity contribution in [2.75, 3.05) is 39.3 Å². The van der Waals surface area contributed by atoms with Crippen LogP contribution in [0.4, 0.5) is 0 Å². The number of rotatable bonds is 24. The first-order chi connectivity index (χ1) is 51.2. The molecule has 16 rings (SSSR count). The van der Waals surface area contributed by atoms with E-state index >= 15 is 0 Å². The van der Waals surface area contributed by atoms with Gasteiger partial charge in [0.15, 0.2) is 0 Å². The maximum absolute atomic E-state index is 12.9. The molecule has 3 unspecified atom stereocenters. The molecule has 0 radical (unpaired) electrons. The van der Waals surface area contributed by atoms with E-state index in [0.29, 0.717) is 49.4 Å². The summed E-state index contributed by atoms with van der Waals surface area (Å²) in [5, 5.41) is 18.1. The standard InChI is InChI=1S/C29H29N7O.C27H29N5O.C26H27BrN6O/c37-29(22-18-32-35-23-11-2-1-10-21(22)23)31-16-7-17-36(19-27-33-24-12-3-4-13-25(24)34-27)26-14-5-8-20-9-6-15-30-28(20)26;33-27(21-9-2-1-3-10-21)29-17-8-18-32(19-25-30-22-13-4-5-14-23(22)31-25)24-15-6-11-20-12-7-16-28-26(20)24;27-20-14-19(15-28-16-20)26(34)30-12-5-13-33(17-24-31-21-8-1-2-9-22(21)32-24)23-10-3-6-18-7-4-11-29-25(18)23/h1-4,6,9-13,15,18,26H,5,7-8,14,16-17,19H2,(H,31,37)(H,33,34);1-5,7,9-10,12-14,16,24H,6,8,11,15,17-19H2,(H,29,33)(H,30,31);1-2,4,7-9,11,14-16,23H,3,5-6,10,12-13,17H2,(H,30,34)(H,31,32). The van der Waals surface area contributed by atoms with Crippen molar-refractivity contribution in [1.29, 1.82) is 0 Å². The molecule has 8 aromatic heterocycles. The number of benzene rings is 5. The molecule has 0 aliphatic heterocycles. The van der Waals surface area contributed by atoms with Crippen LogP contribution in [0.1, 0.15) is 158 Å².